The van der Waals surface area contributed by atoms with Crippen molar-refractivity contribution in [2.24, 2.45) is 0 Å². The number of methoxy groups -OCH3 is 1. The minimum absolute atomic E-state index is 0.0348. The summed E-state index contributed by atoms with van der Waals surface area (Å²) in [4.78, 5) is 21.8. The van der Waals surface area contributed by atoms with E-state index in [9.17, 15) is 30.0 Å². The lowest BCUT2D eigenvalue weighted by atomic mass is 9.85. The van der Waals surface area contributed by atoms with Gasteiger partial charge >= 0.3 is 5.97 Å². The number of aliphatic hydroxyl groups is 2. The summed E-state index contributed by atoms with van der Waals surface area (Å²) in [5.74, 6) is -1.88. The number of allylic oxidation sites excluding steroid dienone is 2. The van der Waals surface area contributed by atoms with Crippen LogP contribution < -0.4 is 4.74 Å². The van der Waals surface area contributed by atoms with Crippen molar-refractivity contribution in [2.75, 3.05) is 13.7 Å². The van der Waals surface area contributed by atoms with Gasteiger partial charge in [0.15, 0.2) is 17.3 Å². The number of ketones is 1. The molecule has 2 aromatic rings. The maximum Gasteiger partial charge on any atom is 0.328 e. The van der Waals surface area contributed by atoms with Crippen molar-refractivity contribution in [1.82, 2.24) is 0 Å². The molecule has 2 aromatic carbocycles. The largest absolute Gasteiger partial charge is 0.504 e. The number of carbonyl (C=O) groups is 2. The lowest BCUT2D eigenvalue weighted by molar-refractivity contribution is -0.131. The van der Waals surface area contributed by atoms with Crippen molar-refractivity contribution in [2.45, 2.75) is 12.0 Å². The lowest BCUT2D eigenvalue weighted by Gasteiger charge is -2.33. The highest BCUT2D eigenvalue weighted by Crippen LogP contribution is 2.50. The molecule has 1 unspecified atom stereocenters. The lowest BCUT2D eigenvalue weighted by Crippen LogP contribution is -2.39. The van der Waals surface area contributed by atoms with Crippen LogP contribution in [0.3, 0.4) is 0 Å². The van der Waals surface area contributed by atoms with Crippen LogP contribution in [0, 0.1) is 0 Å². The highest BCUT2D eigenvalue weighted by molar-refractivity contribution is 6.06. The van der Waals surface area contributed by atoms with E-state index in [-0.39, 0.29) is 30.3 Å². The molecule has 2 aliphatic carbocycles. The SMILES string of the molecule is COc1ccccc1C=CC(=O)O.O=C1C=CC2=C3c4cc(O)c(O)cc4CC3(O)COC2=C1O. The van der Waals surface area contributed by atoms with E-state index in [4.69, 9.17) is 14.6 Å². The number of phenolic OH excluding ortho intramolecular Hbond substituents is 2. The average Bonchev–Trinajstić information content (AvgIpc) is 3.12. The zero-order valence-electron chi connectivity index (χ0n) is 18.6. The summed E-state index contributed by atoms with van der Waals surface area (Å²) in [7, 11) is 1.55. The zero-order chi connectivity index (χ0) is 25.3. The van der Waals surface area contributed by atoms with Gasteiger partial charge in [-0.25, -0.2) is 4.79 Å². The second-order valence-corrected chi connectivity index (χ2v) is 8.07. The van der Waals surface area contributed by atoms with Gasteiger partial charge in [-0.3, -0.25) is 4.79 Å². The highest BCUT2D eigenvalue weighted by atomic mass is 16.5. The molecular formula is C26H22O9. The first kappa shape index (κ1) is 23.7. The Labute approximate surface area is 199 Å². The summed E-state index contributed by atoms with van der Waals surface area (Å²) in [5.41, 5.74) is 1.55. The van der Waals surface area contributed by atoms with Gasteiger partial charge in [-0.05, 0) is 47.6 Å². The molecule has 5 N–H and O–H groups in total. The molecule has 1 atom stereocenters. The molecule has 0 saturated carbocycles. The molecule has 0 aromatic heterocycles. The van der Waals surface area contributed by atoms with Crippen LogP contribution >= 0.6 is 0 Å². The van der Waals surface area contributed by atoms with Gasteiger partial charge in [-0.15, -0.1) is 0 Å². The van der Waals surface area contributed by atoms with E-state index in [0.29, 0.717) is 28.0 Å². The molecule has 1 aliphatic heterocycles. The van der Waals surface area contributed by atoms with Crippen molar-refractivity contribution < 1.29 is 44.6 Å². The standard InChI is InChI=1S/C16H12O6.C10H10O3/c17-10-2-1-8-13-9-4-12(19)11(18)3-7(9)5-16(13,21)6-22-15(8)14(10)20;1-13-9-5-3-2-4-8(9)6-7-10(11)12/h1-4,18-21H,5-6H2;2-7H,1H3,(H,11,12). The second-order valence-electron chi connectivity index (χ2n) is 8.07. The molecule has 9 nitrogen and oxygen atoms in total. The number of carboxylic acid groups (broad SMARTS) is 1. The Morgan fingerprint density at radius 3 is 2.54 bits per heavy atom. The second kappa shape index (κ2) is 9.03. The highest BCUT2D eigenvalue weighted by Gasteiger charge is 2.47. The van der Waals surface area contributed by atoms with E-state index in [0.717, 1.165) is 11.6 Å². The summed E-state index contributed by atoms with van der Waals surface area (Å²) in [6, 6.07) is 9.99. The Hall–Kier alpha value is -4.50. The maximum atomic E-state index is 11.5. The van der Waals surface area contributed by atoms with Gasteiger partial charge < -0.3 is 35.0 Å². The molecule has 0 amide bonds. The molecule has 0 saturated heterocycles. The fraction of sp³-hybridized carbons (Fsp3) is 0.154. The van der Waals surface area contributed by atoms with Crippen LogP contribution in [0.4, 0.5) is 0 Å². The average molecular weight is 478 g/mol. The number of hydrogen-bond donors (Lipinski definition) is 5. The smallest absolute Gasteiger partial charge is 0.328 e. The van der Waals surface area contributed by atoms with Crippen molar-refractivity contribution >= 4 is 23.4 Å². The summed E-state index contributed by atoms with van der Waals surface area (Å²) >= 11 is 0. The predicted octanol–water partition coefficient (Wildman–Crippen LogP) is 2.87. The number of benzene rings is 2. The van der Waals surface area contributed by atoms with Gasteiger partial charge in [-0.2, -0.15) is 0 Å². The number of carboxylic acids is 1. The fourth-order valence-electron chi connectivity index (χ4n) is 4.22. The number of ether oxygens (including phenoxy) is 2. The first-order chi connectivity index (χ1) is 16.6. The van der Waals surface area contributed by atoms with Gasteiger partial charge in [0.05, 0.1) is 7.11 Å². The van der Waals surface area contributed by atoms with Gasteiger partial charge in [-0.1, -0.05) is 18.2 Å². The van der Waals surface area contributed by atoms with Crippen LogP contribution in [0.2, 0.25) is 0 Å². The molecule has 0 fully saturated rings. The summed E-state index contributed by atoms with van der Waals surface area (Å²) in [6.45, 7) is -0.122. The molecular weight excluding hydrogens is 456 g/mol. The van der Waals surface area contributed by atoms with Crippen LogP contribution in [-0.2, 0) is 20.7 Å². The first-order valence-electron chi connectivity index (χ1n) is 10.5. The summed E-state index contributed by atoms with van der Waals surface area (Å²) in [5, 5.41) is 48.5. The maximum absolute atomic E-state index is 11.5. The Morgan fingerprint density at radius 1 is 1.11 bits per heavy atom. The number of carbonyl (C=O) groups excluding carboxylic acids is 1. The van der Waals surface area contributed by atoms with E-state index >= 15 is 0 Å². The molecule has 0 radical (unpaired) electrons. The number of rotatable bonds is 3. The van der Waals surface area contributed by atoms with Crippen LogP contribution in [0.15, 0.2) is 71.7 Å². The molecule has 3 aliphatic rings. The molecule has 9 heteroatoms. The molecule has 180 valence electrons. The third-order valence-corrected chi connectivity index (χ3v) is 5.78. The van der Waals surface area contributed by atoms with Gasteiger partial charge in [0, 0.05) is 29.2 Å². The van der Waals surface area contributed by atoms with Crippen molar-refractivity contribution in [3.63, 3.8) is 0 Å². The molecule has 0 bridgehead atoms. The number of aromatic hydroxyl groups is 2. The minimum Gasteiger partial charge on any atom is -0.504 e. The Morgan fingerprint density at radius 2 is 1.83 bits per heavy atom. The van der Waals surface area contributed by atoms with Crippen LogP contribution in [0.1, 0.15) is 16.7 Å². The molecule has 35 heavy (non-hydrogen) atoms. The summed E-state index contributed by atoms with van der Waals surface area (Å²) < 4.78 is 10.4. The van der Waals surface area contributed by atoms with Crippen molar-refractivity contribution in [3.8, 4) is 17.2 Å². The normalized spacial score (nSPS) is 20.0. The topological polar surface area (TPSA) is 154 Å². The third kappa shape index (κ3) is 4.36. The van der Waals surface area contributed by atoms with E-state index in [1.54, 1.807) is 19.2 Å². The predicted molar refractivity (Wildman–Crippen MR) is 125 cm³/mol. The monoisotopic (exact) mass is 478 g/mol. The molecule has 1 heterocycles. The third-order valence-electron chi connectivity index (χ3n) is 5.78. The number of phenols is 2. The van der Waals surface area contributed by atoms with E-state index < -0.39 is 23.1 Å². The number of para-hydroxylation sites is 1. The quantitative estimate of drug-likeness (QED) is 0.331. The Kier molecular flexibility index (Phi) is 6.10. The molecule has 0 spiro atoms. The Balaban J connectivity index is 0.000000191. The van der Waals surface area contributed by atoms with Crippen LogP contribution in [0.5, 0.6) is 17.2 Å². The van der Waals surface area contributed by atoms with Crippen molar-refractivity contribution in [3.05, 3.63) is 88.4 Å². The first-order valence-corrected chi connectivity index (χ1v) is 10.5. The van der Waals surface area contributed by atoms with Crippen LogP contribution in [-0.4, -0.2) is 56.6 Å². The number of aliphatic carboxylic acids is 1. The van der Waals surface area contributed by atoms with Gasteiger partial charge in [0.25, 0.3) is 0 Å². The van der Waals surface area contributed by atoms with Crippen LogP contribution in [0.25, 0.3) is 11.6 Å². The van der Waals surface area contributed by atoms with Gasteiger partial charge in [0.1, 0.15) is 18.0 Å². The Bertz CT molecular complexity index is 1350. The van der Waals surface area contributed by atoms with E-state index in [1.165, 1.54) is 30.4 Å². The number of aliphatic hydroxyl groups excluding tert-OH is 1. The minimum atomic E-state index is -1.33. The zero-order valence-corrected chi connectivity index (χ0v) is 18.6. The fourth-order valence-corrected chi connectivity index (χ4v) is 4.22. The van der Waals surface area contributed by atoms with E-state index in [2.05, 4.69) is 0 Å². The number of fused-ring (bicyclic) bond motifs is 4. The molecule has 5 rings (SSSR count). The summed E-state index contributed by atoms with van der Waals surface area (Å²) in [6.07, 6.45) is 5.48. The van der Waals surface area contributed by atoms with Gasteiger partial charge in [0.2, 0.25) is 11.5 Å². The van der Waals surface area contributed by atoms with E-state index in [1.807, 2.05) is 12.1 Å². The van der Waals surface area contributed by atoms with Crippen molar-refractivity contribution in [1.29, 1.82) is 0 Å². The number of hydrogen-bond acceptors (Lipinski definition) is 8.